The molecule has 0 unspecified atom stereocenters. The molecule has 54 valence electrons. The van der Waals surface area contributed by atoms with Crippen molar-refractivity contribution in [3.05, 3.63) is 0 Å². The Balaban J connectivity index is 2.23. The van der Waals surface area contributed by atoms with Gasteiger partial charge in [-0.3, -0.25) is 0 Å². The number of hydrogen-bond donors (Lipinski definition) is 0. The highest BCUT2D eigenvalue weighted by Gasteiger charge is 2.39. The van der Waals surface area contributed by atoms with Gasteiger partial charge < -0.3 is 0 Å². The SMILES string of the molecule is CCCC1(C)CC(F)C1. The van der Waals surface area contributed by atoms with Crippen molar-refractivity contribution >= 4 is 0 Å². The van der Waals surface area contributed by atoms with Gasteiger partial charge in [0.05, 0.1) is 0 Å². The van der Waals surface area contributed by atoms with E-state index in [0.29, 0.717) is 5.41 Å². The number of rotatable bonds is 2. The molecule has 0 spiro atoms. The van der Waals surface area contributed by atoms with Crippen LogP contribution in [0.5, 0.6) is 0 Å². The Morgan fingerprint density at radius 2 is 2.11 bits per heavy atom. The number of hydrogen-bond acceptors (Lipinski definition) is 0. The molecule has 0 aromatic heterocycles. The average molecular weight is 130 g/mol. The van der Waals surface area contributed by atoms with Crippen LogP contribution < -0.4 is 0 Å². The van der Waals surface area contributed by atoms with Gasteiger partial charge in [-0.1, -0.05) is 20.3 Å². The lowest BCUT2D eigenvalue weighted by Crippen LogP contribution is -2.35. The fourth-order valence-electron chi connectivity index (χ4n) is 1.82. The van der Waals surface area contributed by atoms with Gasteiger partial charge in [0.2, 0.25) is 0 Å². The minimum absolute atomic E-state index is 0.369. The molecule has 0 aromatic rings. The van der Waals surface area contributed by atoms with Crippen molar-refractivity contribution in [3.8, 4) is 0 Å². The normalized spacial score (nSPS) is 42.3. The standard InChI is InChI=1S/C8H15F/c1-3-4-8(2)5-7(9)6-8/h7H,3-6H2,1-2H3. The zero-order valence-corrected chi connectivity index (χ0v) is 6.28. The Hall–Kier alpha value is -0.0700. The van der Waals surface area contributed by atoms with Gasteiger partial charge in [0.1, 0.15) is 6.17 Å². The Labute approximate surface area is 56.5 Å². The highest BCUT2D eigenvalue weighted by atomic mass is 19.1. The van der Waals surface area contributed by atoms with Crippen LogP contribution in [0.15, 0.2) is 0 Å². The molecule has 0 heterocycles. The summed E-state index contributed by atoms with van der Waals surface area (Å²) < 4.78 is 12.3. The lowest BCUT2D eigenvalue weighted by molar-refractivity contribution is 0.0340. The third kappa shape index (κ3) is 1.44. The van der Waals surface area contributed by atoms with E-state index in [0.717, 1.165) is 12.8 Å². The Morgan fingerprint density at radius 3 is 2.44 bits per heavy atom. The first kappa shape index (κ1) is 7.04. The molecule has 9 heavy (non-hydrogen) atoms. The second kappa shape index (κ2) is 2.28. The van der Waals surface area contributed by atoms with E-state index in [9.17, 15) is 4.39 Å². The lowest BCUT2D eigenvalue weighted by atomic mass is 9.66. The van der Waals surface area contributed by atoms with E-state index in [-0.39, 0.29) is 0 Å². The van der Waals surface area contributed by atoms with Crippen LogP contribution in [0.1, 0.15) is 39.5 Å². The van der Waals surface area contributed by atoms with Crippen molar-refractivity contribution in [1.29, 1.82) is 0 Å². The highest BCUT2D eigenvalue weighted by Crippen LogP contribution is 2.45. The maximum Gasteiger partial charge on any atom is 0.101 e. The summed E-state index contributed by atoms with van der Waals surface area (Å²) in [6.07, 6.45) is 3.53. The second-order valence-electron chi connectivity index (χ2n) is 3.57. The molecule has 0 saturated heterocycles. The van der Waals surface area contributed by atoms with E-state index >= 15 is 0 Å². The molecule has 1 rings (SSSR count). The van der Waals surface area contributed by atoms with Gasteiger partial charge in [-0.2, -0.15) is 0 Å². The fraction of sp³-hybridized carbons (Fsp3) is 1.00. The van der Waals surface area contributed by atoms with Crippen molar-refractivity contribution < 1.29 is 4.39 Å². The molecule has 1 aliphatic rings. The molecule has 0 N–H and O–H groups in total. The number of alkyl halides is 1. The van der Waals surface area contributed by atoms with Crippen molar-refractivity contribution in [2.75, 3.05) is 0 Å². The topological polar surface area (TPSA) is 0 Å². The fourth-order valence-corrected chi connectivity index (χ4v) is 1.82. The summed E-state index contributed by atoms with van der Waals surface area (Å²) in [5.74, 6) is 0. The zero-order chi connectivity index (χ0) is 6.91. The third-order valence-corrected chi connectivity index (χ3v) is 2.28. The number of halogens is 1. The molecule has 0 amide bonds. The Morgan fingerprint density at radius 1 is 1.56 bits per heavy atom. The van der Waals surface area contributed by atoms with Crippen molar-refractivity contribution in [2.24, 2.45) is 5.41 Å². The second-order valence-corrected chi connectivity index (χ2v) is 3.57. The van der Waals surface area contributed by atoms with Gasteiger partial charge in [-0.05, 0) is 24.7 Å². The molecule has 0 nitrogen and oxygen atoms in total. The van der Waals surface area contributed by atoms with Gasteiger partial charge in [0, 0.05) is 0 Å². The van der Waals surface area contributed by atoms with Crippen LogP contribution in [0.4, 0.5) is 4.39 Å². The van der Waals surface area contributed by atoms with Crippen LogP contribution in [-0.2, 0) is 0 Å². The van der Waals surface area contributed by atoms with E-state index in [1.807, 2.05) is 0 Å². The van der Waals surface area contributed by atoms with Crippen LogP contribution in [0, 0.1) is 5.41 Å². The van der Waals surface area contributed by atoms with E-state index in [1.54, 1.807) is 0 Å². The van der Waals surface area contributed by atoms with Crippen LogP contribution in [0.2, 0.25) is 0 Å². The van der Waals surface area contributed by atoms with Gasteiger partial charge in [-0.15, -0.1) is 0 Å². The summed E-state index contributed by atoms with van der Waals surface area (Å²) in [4.78, 5) is 0. The van der Waals surface area contributed by atoms with Crippen molar-refractivity contribution in [2.45, 2.75) is 45.7 Å². The quantitative estimate of drug-likeness (QED) is 0.539. The largest absolute Gasteiger partial charge is 0.247 e. The van der Waals surface area contributed by atoms with Gasteiger partial charge >= 0.3 is 0 Å². The van der Waals surface area contributed by atoms with E-state index in [2.05, 4.69) is 13.8 Å². The summed E-state index contributed by atoms with van der Waals surface area (Å²) in [5, 5.41) is 0. The Bertz CT molecular complexity index is 87.2. The maximum absolute atomic E-state index is 12.3. The molecular formula is C8H15F. The van der Waals surface area contributed by atoms with Crippen molar-refractivity contribution in [3.63, 3.8) is 0 Å². The van der Waals surface area contributed by atoms with Crippen LogP contribution in [-0.4, -0.2) is 6.17 Å². The first-order valence-corrected chi connectivity index (χ1v) is 3.80. The lowest BCUT2D eigenvalue weighted by Gasteiger charge is -2.41. The molecular weight excluding hydrogens is 115 g/mol. The monoisotopic (exact) mass is 130 g/mol. The van der Waals surface area contributed by atoms with Crippen LogP contribution in [0.3, 0.4) is 0 Å². The first-order valence-electron chi connectivity index (χ1n) is 3.80. The summed E-state index contributed by atoms with van der Waals surface area (Å²) in [6, 6.07) is 0. The minimum Gasteiger partial charge on any atom is -0.247 e. The molecule has 0 aromatic carbocycles. The van der Waals surface area contributed by atoms with E-state index in [4.69, 9.17) is 0 Å². The van der Waals surface area contributed by atoms with Crippen molar-refractivity contribution in [1.82, 2.24) is 0 Å². The molecule has 1 fully saturated rings. The predicted octanol–water partition coefficient (Wildman–Crippen LogP) is 2.92. The maximum atomic E-state index is 12.3. The minimum atomic E-state index is -0.485. The molecule has 0 atom stereocenters. The molecule has 0 radical (unpaired) electrons. The zero-order valence-electron chi connectivity index (χ0n) is 6.28. The highest BCUT2D eigenvalue weighted by molar-refractivity contribution is 4.89. The van der Waals surface area contributed by atoms with Crippen LogP contribution >= 0.6 is 0 Å². The summed E-state index contributed by atoms with van der Waals surface area (Å²) >= 11 is 0. The first-order chi connectivity index (χ1) is 4.16. The smallest absolute Gasteiger partial charge is 0.101 e. The van der Waals surface area contributed by atoms with E-state index in [1.165, 1.54) is 12.8 Å². The molecule has 1 heteroatoms. The van der Waals surface area contributed by atoms with Gasteiger partial charge in [0.15, 0.2) is 0 Å². The summed E-state index contributed by atoms with van der Waals surface area (Å²) in [5.41, 5.74) is 0.369. The van der Waals surface area contributed by atoms with E-state index < -0.39 is 6.17 Å². The van der Waals surface area contributed by atoms with Gasteiger partial charge in [0.25, 0.3) is 0 Å². The molecule has 0 aliphatic heterocycles. The molecule has 1 aliphatic carbocycles. The average Bonchev–Trinajstić information content (AvgIpc) is 1.62. The molecule has 0 bridgehead atoms. The third-order valence-electron chi connectivity index (χ3n) is 2.28. The summed E-state index contributed by atoms with van der Waals surface area (Å²) in [7, 11) is 0. The summed E-state index contributed by atoms with van der Waals surface area (Å²) in [6.45, 7) is 4.35. The Kier molecular flexibility index (Phi) is 1.78. The van der Waals surface area contributed by atoms with Crippen LogP contribution in [0.25, 0.3) is 0 Å². The predicted molar refractivity (Wildman–Crippen MR) is 37.1 cm³/mol. The molecule has 1 saturated carbocycles. The van der Waals surface area contributed by atoms with Gasteiger partial charge in [-0.25, -0.2) is 4.39 Å².